The molecule has 1 atom stereocenters. The third kappa shape index (κ3) is 3.36. The Balaban J connectivity index is 1.77. The minimum atomic E-state index is -3.57. The van der Waals surface area contributed by atoms with E-state index in [1.54, 1.807) is 0 Å². The van der Waals surface area contributed by atoms with Crippen LogP contribution in [0.4, 0.5) is 0 Å². The highest BCUT2D eigenvalue weighted by Gasteiger charge is 2.32. The van der Waals surface area contributed by atoms with Crippen LogP contribution in [0.15, 0.2) is 35.5 Å². The molecule has 3 heterocycles. The number of hydrogen-bond acceptors (Lipinski definition) is 3. The zero-order valence-corrected chi connectivity index (χ0v) is 14.9. The van der Waals surface area contributed by atoms with Gasteiger partial charge in [0.05, 0.1) is 4.34 Å². The van der Waals surface area contributed by atoms with Crippen LogP contribution < -0.4 is 0 Å². The predicted molar refractivity (Wildman–Crippen MR) is 90.3 cm³/mol. The average Bonchev–Trinajstić information content (AvgIpc) is 3.09. The molecule has 2 aromatic heterocycles. The molecular weight excluding hydrogens is 363 g/mol. The molecule has 0 aromatic carbocycles. The van der Waals surface area contributed by atoms with Crippen molar-refractivity contribution in [3.8, 4) is 0 Å². The largest absolute Gasteiger partial charge is 0.354 e. The molecule has 0 unspecified atom stereocenters. The summed E-state index contributed by atoms with van der Waals surface area (Å²) in [5.41, 5.74) is 0. The molecular formula is C14H16Cl2N2O2S2. The van der Waals surface area contributed by atoms with Gasteiger partial charge in [0.2, 0.25) is 10.0 Å². The van der Waals surface area contributed by atoms with Crippen molar-refractivity contribution in [2.75, 3.05) is 13.1 Å². The maximum absolute atomic E-state index is 12.8. The van der Waals surface area contributed by atoms with Gasteiger partial charge in [-0.05, 0) is 37.0 Å². The first-order valence-electron chi connectivity index (χ1n) is 7.02. The van der Waals surface area contributed by atoms with Crippen molar-refractivity contribution >= 4 is 44.6 Å². The van der Waals surface area contributed by atoms with Gasteiger partial charge < -0.3 is 4.57 Å². The molecule has 0 N–H and O–H groups in total. The van der Waals surface area contributed by atoms with Crippen molar-refractivity contribution in [1.29, 1.82) is 0 Å². The summed E-state index contributed by atoms with van der Waals surface area (Å²) in [4.78, 5) is 0.130. The van der Waals surface area contributed by atoms with E-state index >= 15 is 0 Å². The van der Waals surface area contributed by atoms with Crippen LogP contribution in [0.2, 0.25) is 8.67 Å². The summed E-state index contributed by atoms with van der Waals surface area (Å²) in [6.07, 6.45) is 5.90. The Morgan fingerprint density at radius 1 is 1.27 bits per heavy atom. The summed E-state index contributed by atoms with van der Waals surface area (Å²) in [5, 5.41) is 0. The minimum Gasteiger partial charge on any atom is -0.354 e. The van der Waals surface area contributed by atoms with Crippen molar-refractivity contribution in [3.05, 3.63) is 39.3 Å². The van der Waals surface area contributed by atoms with E-state index in [0.717, 1.165) is 30.7 Å². The van der Waals surface area contributed by atoms with E-state index in [4.69, 9.17) is 23.2 Å². The monoisotopic (exact) mass is 378 g/mol. The molecule has 22 heavy (non-hydrogen) atoms. The predicted octanol–water partition coefficient (Wildman–Crippen LogP) is 3.96. The molecule has 1 fully saturated rings. The molecule has 0 aliphatic carbocycles. The van der Waals surface area contributed by atoms with Gasteiger partial charge in [-0.15, -0.1) is 11.3 Å². The molecule has 2 aromatic rings. The van der Waals surface area contributed by atoms with Crippen molar-refractivity contribution in [3.63, 3.8) is 0 Å². The van der Waals surface area contributed by atoms with Crippen LogP contribution in [0.3, 0.4) is 0 Å². The zero-order valence-electron chi connectivity index (χ0n) is 11.8. The minimum absolute atomic E-state index is 0.130. The van der Waals surface area contributed by atoms with Crippen LogP contribution in [0.1, 0.15) is 12.8 Å². The molecule has 1 saturated heterocycles. The van der Waals surface area contributed by atoms with Crippen LogP contribution in [0.25, 0.3) is 0 Å². The van der Waals surface area contributed by atoms with E-state index in [1.807, 2.05) is 24.5 Å². The van der Waals surface area contributed by atoms with Gasteiger partial charge in [0.15, 0.2) is 0 Å². The maximum atomic E-state index is 12.8. The lowest BCUT2D eigenvalue weighted by Gasteiger charge is -2.32. The second kappa shape index (κ2) is 6.53. The number of piperidine rings is 1. The molecule has 0 saturated carbocycles. The summed E-state index contributed by atoms with van der Waals surface area (Å²) >= 11 is 13.0. The van der Waals surface area contributed by atoms with Crippen molar-refractivity contribution < 1.29 is 8.42 Å². The van der Waals surface area contributed by atoms with Crippen LogP contribution in [0.5, 0.6) is 0 Å². The number of halogens is 2. The van der Waals surface area contributed by atoms with Crippen molar-refractivity contribution in [2.24, 2.45) is 5.92 Å². The van der Waals surface area contributed by atoms with Crippen molar-refractivity contribution in [1.82, 2.24) is 8.87 Å². The Kier molecular flexibility index (Phi) is 4.85. The Morgan fingerprint density at radius 3 is 2.64 bits per heavy atom. The normalized spacial score (nSPS) is 20.4. The maximum Gasteiger partial charge on any atom is 0.245 e. The van der Waals surface area contributed by atoms with Crippen LogP contribution in [-0.2, 0) is 16.6 Å². The Labute approximate surface area is 144 Å². The summed E-state index contributed by atoms with van der Waals surface area (Å²) in [7, 11) is -3.57. The van der Waals surface area contributed by atoms with E-state index in [2.05, 4.69) is 4.57 Å². The number of thiophene rings is 1. The molecule has 0 radical (unpaired) electrons. The third-order valence-electron chi connectivity index (χ3n) is 3.86. The van der Waals surface area contributed by atoms with Gasteiger partial charge in [-0.3, -0.25) is 0 Å². The van der Waals surface area contributed by atoms with Crippen LogP contribution in [-0.4, -0.2) is 30.4 Å². The Morgan fingerprint density at radius 2 is 2.00 bits per heavy atom. The van der Waals surface area contributed by atoms with E-state index in [0.29, 0.717) is 23.3 Å². The first kappa shape index (κ1) is 16.3. The highest BCUT2D eigenvalue weighted by Crippen LogP contribution is 2.36. The van der Waals surface area contributed by atoms with Gasteiger partial charge in [0.25, 0.3) is 0 Å². The molecule has 1 aliphatic heterocycles. The summed E-state index contributed by atoms with van der Waals surface area (Å²) < 4.78 is 29.8. The zero-order chi connectivity index (χ0) is 15.7. The Bertz CT molecular complexity index is 741. The van der Waals surface area contributed by atoms with E-state index < -0.39 is 10.0 Å². The molecule has 4 nitrogen and oxygen atoms in total. The number of sulfonamides is 1. The van der Waals surface area contributed by atoms with Crippen LogP contribution >= 0.6 is 34.5 Å². The molecule has 0 amide bonds. The van der Waals surface area contributed by atoms with Gasteiger partial charge in [-0.1, -0.05) is 23.2 Å². The molecule has 0 bridgehead atoms. The first-order chi connectivity index (χ1) is 10.5. The van der Waals surface area contributed by atoms with Gasteiger partial charge in [-0.25, -0.2) is 8.42 Å². The number of rotatable bonds is 4. The second-order valence-electron chi connectivity index (χ2n) is 5.44. The van der Waals surface area contributed by atoms with E-state index in [9.17, 15) is 8.42 Å². The highest BCUT2D eigenvalue weighted by molar-refractivity contribution is 7.89. The highest BCUT2D eigenvalue weighted by atomic mass is 35.5. The fourth-order valence-electron chi connectivity index (χ4n) is 2.82. The van der Waals surface area contributed by atoms with Crippen molar-refractivity contribution in [2.45, 2.75) is 24.3 Å². The first-order valence-corrected chi connectivity index (χ1v) is 10.0. The summed E-state index contributed by atoms with van der Waals surface area (Å²) in [6, 6.07) is 5.40. The number of hydrogen-bond donors (Lipinski definition) is 0. The second-order valence-corrected chi connectivity index (χ2v) is 9.63. The lowest BCUT2D eigenvalue weighted by Crippen LogP contribution is -2.40. The smallest absolute Gasteiger partial charge is 0.245 e. The molecule has 1 aliphatic rings. The van der Waals surface area contributed by atoms with Gasteiger partial charge in [0, 0.05) is 32.0 Å². The lowest BCUT2D eigenvalue weighted by molar-refractivity contribution is 0.245. The van der Waals surface area contributed by atoms with E-state index in [-0.39, 0.29) is 9.23 Å². The SMILES string of the molecule is O=S(=O)(c1cc(Cl)sc1Cl)N1CCC[C@@H](Cn2cccc2)C1. The lowest BCUT2D eigenvalue weighted by atomic mass is 10.00. The Hall–Kier alpha value is -0.530. The molecule has 120 valence electrons. The standard InChI is InChI=1S/C14H16Cl2N2O2S2/c15-13-8-12(14(16)21-13)22(19,20)18-7-3-4-11(10-18)9-17-5-1-2-6-17/h1-2,5-6,8,11H,3-4,7,9-10H2/t11-/m0/s1. The molecule has 0 spiro atoms. The number of aromatic nitrogens is 1. The average molecular weight is 379 g/mol. The van der Waals surface area contributed by atoms with Gasteiger partial charge in [0.1, 0.15) is 9.23 Å². The van der Waals surface area contributed by atoms with Gasteiger partial charge >= 0.3 is 0 Å². The molecule has 3 rings (SSSR count). The van der Waals surface area contributed by atoms with Gasteiger partial charge in [-0.2, -0.15) is 4.31 Å². The van der Waals surface area contributed by atoms with E-state index in [1.165, 1.54) is 10.4 Å². The fourth-order valence-corrected chi connectivity index (χ4v) is 6.49. The topological polar surface area (TPSA) is 42.3 Å². The fraction of sp³-hybridized carbons (Fsp3) is 0.429. The number of nitrogens with zero attached hydrogens (tertiary/aromatic N) is 2. The van der Waals surface area contributed by atoms with Crippen LogP contribution in [0, 0.1) is 5.92 Å². The summed E-state index contributed by atoms with van der Waals surface area (Å²) in [5.74, 6) is 0.309. The molecule has 8 heteroatoms. The third-order valence-corrected chi connectivity index (χ3v) is 7.48. The summed E-state index contributed by atoms with van der Waals surface area (Å²) in [6.45, 7) is 1.88. The quantitative estimate of drug-likeness (QED) is 0.807.